The van der Waals surface area contributed by atoms with Crippen molar-refractivity contribution in [1.82, 2.24) is 24.6 Å². The van der Waals surface area contributed by atoms with Crippen molar-refractivity contribution in [2.24, 2.45) is 5.92 Å². The van der Waals surface area contributed by atoms with E-state index in [-0.39, 0.29) is 61.0 Å². The fourth-order valence-electron chi connectivity index (χ4n) is 5.14. The molecule has 1 saturated carbocycles. The topological polar surface area (TPSA) is 107 Å². The number of Topliss-reactive ketones (excluding diaryl/α,β-unsaturated/α-hetero) is 2. The monoisotopic (exact) mass is 519 g/mol. The van der Waals surface area contributed by atoms with Gasteiger partial charge < -0.3 is 9.64 Å². The van der Waals surface area contributed by atoms with Crippen LogP contribution in [0.25, 0.3) is 10.9 Å². The summed E-state index contributed by atoms with van der Waals surface area (Å²) in [4.78, 5) is 48.7. The van der Waals surface area contributed by atoms with Crippen LogP contribution >= 0.6 is 0 Å². The molecule has 0 N–H and O–H groups in total. The Morgan fingerprint density at radius 2 is 1.84 bits per heavy atom. The molecule has 2 aliphatic rings. The summed E-state index contributed by atoms with van der Waals surface area (Å²) in [6, 6.07) is 6.45. The SMILES string of the molecule is CC(=O)c1nn(CC(=O)N2[C@@H]3C[C@@H]3C[C@H]2C(=O)CCC(F)=C(C)C)c2ccc(OCc3ncccn3)cc12. The van der Waals surface area contributed by atoms with Gasteiger partial charge in [0.05, 0.1) is 17.4 Å². The number of piperidine rings is 1. The fraction of sp³-hybridized carbons (Fsp3) is 0.429. The van der Waals surface area contributed by atoms with Crippen LogP contribution in [0.5, 0.6) is 5.75 Å². The van der Waals surface area contributed by atoms with E-state index < -0.39 is 6.04 Å². The number of benzene rings is 1. The van der Waals surface area contributed by atoms with Crippen LogP contribution in [0.4, 0.5) is 4.39 Å². The van der Waals surface area contributed by atoms with Gasteiger partial charge in [0.25, 0.3) is 0 Å². The molecule has 0 unspecified atom stereocenters. The highest BCUT2D eigenvalue weighted by Gasteiger charge is 2.55. The first-order valence-electron chi connectivity index (χ1n) is 12.8. The number of rotatable bonds is 10. The van der Waals surface area contributed by atoms with Crippen molar-refractivity contribution in [2.45, 2.75) is 71.7 Å². The summed E-state index contributed by atoms with van der Waals surface area (Å²) < 4.78 is 21.3. The number of hydrogen-bond donors (Lipinski definition) is 0. The maximum absolute atomic E-state index is 14.0. The molecular formula is C28H30FN5O4. The quantitative estimate of drug-likeness (QED) is 0.369. The summed E-state index contributed by atoms with van der Waals surface area (Å²) in [5.74, 6) is 0.515. The smallest absolute Gasteiger partial charge is 0.245 e. The number of carbonyl (C=O) groups is 3. The van der Waals surface area contributed by atoms with Crippen LogP contribution in [0, 0.1) is 5.92 Å². The van der Waals surface area contributed by atoms with E-state index in [9.17, 15) is 18.8 Å². The van der Waals surface area contributed by atoms with Crippen LogP contribution in [0.2, 0.25) is 0 Å². The van der Waals surface area contributed by atoms with Crippen molar-refractivity contribution in [3.63, 3.8) is 0 Å². The molecule has 1 saturated heterocycles. The number of carbonyl (C=O) groups excluding carboxylic acids is 3. The molecule has 1 aromatic carbocycles. The zero-order valence-corrected chi connectivity index (χ0v) is 21.7. The van der Waals surface area contributed by atoms with E-state index in [4.69, 9.17) is 4.74 Å². The summed E-state index contributed by atoms with van der Waals surface area (Å²) >= 11 is 0. The maximum Gasteiger partial charge on any atom is 0.245 e. The zero-order valence-electron chi connectivity index (χ0n) is 21.7. The Morgan fingerprint density at radius 3 is 2.55 bits per heavy atom. The van der Waals surface area contributed by atoms with E-state index in [1.165, 1.54) is 11.6 Å². The fourth-order valence-corrected chi connectivity index (χ4v) is 5.14. The molecule has 3 heterocycles. The normalized spacial score (nSPS) is 19.8. The van der Waals surface area contributed by atoms with Crippen LogP contribution in [0.3, 0.4) is 0 Å². The molecule has 1 aliphatic carbocycles. The third-order valence-corrected chi connectivity index (χ3v) is 7.23. The summed E-state index contributed by atoms with van der Waals surface area (Å²) in [5.41, 5.74) is 1.42. The molecule has 5 rings (SSSR count). The number of ether oxygens (including phenoxy) is 1. The molecule has 198 valence electrons. The van der Waals surface area contributed by atoms with Gasteiger partial charge in [-0.05, 0) is 62.4 Å². The van der Waals surface area contributed by atoms with Crippen molar-refractivity contribution >= 4 is 28.4 Å². The Bertz CT molecular complexity index is 1430. The summed E-state index contributed by atoms with van der Waals surface area (Å²) in [6.07, 6.45) is 4.89. The van der Waals surface area contributed by atoms with Crippen molar-refractivity contribution in [3.05, 3.63) is 59.6 Å². The highest BCUT2D eigenvalue weighted by atomic mass is 19.1. The zero-order chi connectivity index (χ0) is 27.0. The van der Waals surface area contributed by atoms with Gasteiger partial charge in [-0.25, -0.2) is 14.4 Å². The minimum Gasteiger partial charge on any atom is -0.486 e. The molecule has 38 heavy (non-hydrogen) atoms. The molecule has 0 radical (unpaired) electrons. The molecule has 2 fully saturated rings. The Balaban J connectivity index is 1.33. The highest BCUT2D eigenvalue weighted by molar-refractivity contribution is 6.05. The van der Waals surface area contributed by atoms with Gasteiger partial charge in [-0.2, -0.15) is 5.10 Å². The number of ketones is 2. The predicted molar refractivity (Wildman–Crippen MR) is 137 cm³/mol. The number of hydrogen-bond acceptors (Lipinski definition) is 7. The van der Waals surface area contributed by atoms with E-state index in [0.29, 0.717) is 40.4 Å². The van der Waals surface area contributed by atoms with E-state index in [2.05, 4.69) is 15.1 Å². The van der Waals surface area contributed by atoms with Gasteiger partial charge in [-0.1, -0.05) is 0 Å². The van der Waals surface area contributed by atoms with Gasteiger partial charge in [0, 0.05) is 43.6 Å². The molecule has 1 amide bonds. The number of aromatic nitrogens is 4. The number of likely N-dealkylation sites (tertiary alicyclic amines) is 1. The van der Waals surface area contributed by atoms with E-state index >= 15 is 0 Å². The molecule has 3 atom stereocenters. The second kappa shape index (κ2) is 10.4. The third-order valence-electron chi connectivity index (χ3n) is 7.23. The van der Waals surface area contributed by atoms with Gasteiger partial charge in [-0.15, -0.1) is 0 Å². The summed E-state index contributed by atoms with van der Waals surface area (Å²) in [5, 5.41) is 5.02. The van der Waals surface area contributed by atoms with Gasteiger partial charge in [0.1, 0.15) is 24.6 Å². The first-order chi connectivity index (χ1) is 18.2. The second-order valence-electron chi connectivity index (χ2n) is 10.2. The Hall–Kier alpha value is -3.95. The molecule has 0 bridgehead atoms. The summed E-state index contributed by atoms with van der Waals surface area (Å²) in [6.45, 7) is 4.85. The highest BCUT2D eigenvalue weighted by Crippen LogP contribution is 2.48. The number of halogens is 1. The van der Waals surface area contributed by atoms with Crippen molar-refractivity contribution < 1.29 is 23.5 Å². The lowest BCUT2D eigenvalue weighted by molar-refractivity contribution is -0.139. The van der Waals surface area contributed by atoms with Crippen LogP contribution in [0.15, 0.2) is 48.1 Å². The lowest BCUT2D eigenvalue weighted by atomic mass is 10.0. The second-order valence-corrected chi connectivity index (χ2v) is 10.2. The van der Waals surface area contributed by atoms with Gasteiger partial charge >= 0.3 is 0 Å². The Kier molecular flexibility index (Phi) is 7.05. The number of amides is 1. The average molecular weight is 520 g/mol. The largest absolute Gasteiger partial charge is 0.486 e. The molecule has 3 aromatic rings. The standard InChI is InChI=1S/C28H30FN5O4/c1-16(2)21(29)6-8-25(36)24-12-18-11-23(18)34(24)27(37)14-33-22-7-5-19(13-20(22)28(32-33)17(3)35)38-15-26-30-9-4-10-31-26/h4-5,7,9-10,13,18,23-24H,6,8,11-12,14-15H2,1-3H3/t18-,23-,24+/m1/s1. The van der Waals surface area contributed by atoms with E-state index in [1.807, 2.05) is 0 Å². The predicted octanol–water partition coefficient (Wildman–Crippen LogP) is 4.21. The molecule has 1 aliphatic heterocycles. The maximum atomic E-state index is 14.0. The number of nitrogens with zero attached hydrogens (tertiary/aromatic N) is 5. The first kappa shape index (κ1) is 25.7. The molecule has 10 heteroatoms. The number of allylic oxidation sites excluding steroid dienone is 2. The molecule has 2 aromatic heterocycles. The third kappa shape index (κ3) is 5.20. The minimum absolute atomic E-state index is 0.0408. The van der Waals surface area contributed by atoms with Crippen LogP contribution < -0.4 is 4.74 Å². The molecule has 9 nitrogen and oxygen atoms in total. The van der Waals surface area contributed by atoms with Gasteiger partial charge in [-0.3, -0.25) is 19.1 Å². The average Bonchev–Trinajstić information content (AvgIpc) is 3.41. The van der Waals surface area contributed by atoms with Crippen molar-refractivity contribution in [3.8, 4) is 5.75 Å². The Morgan fingerprint density at radius 1 is 1.08 bits per heavy atom. The van der Waals surface area contributed by atoms with Gasteiger partial charge in [0.2, 0.25) is 5.91 Å². The van der Waals surface area contributed by atoms with Crippen molar-refractivity contribution in [1.29, 1.82) is 0 Å². The van der Waals surface area contributed by atoms with Crippen LogP contribution in [-0.2, 0) is 22.7 Å². The van der Waals surface area contributed by atoms with Crippen molar-refractivity contribution in [2.75, 3.05) is 0 Å². The lowest BCUT2D eigenvalue weighted by Crippen LogP contribution is -2.44. The summed E-state index contributed by atoms with van der Waals surface area (Å²) in [7, 11) is 0. The lowest BCUT2D eigenvalue weighted by Gasteiger charge is -2.27. The van der Waals surface area contributed by atoms with E-state index in [0.717, 1.165) is 6.42 Å². The van der Waals surface area contributed by atoms with Crippen LogP contribution in [-0.4, -0.2) is 54.2 Å². The number of fused-ring (bicyclic) bond motifs is 2. The molecular weight excluding hydrogens is 489 g/mol. The van der Waals surface area contributed by atoms with Gasteiger partial charge in [0.15, 0.2) is 17.4 Å². The van der Waals surface area contributed by atoms with E-state index in [1.54, 1.807) is 55.4 Å². The van der Waals surface area contributed by atoms with Crippen LogP contribution in [0.1, 0.15) is 62.8 Å². The first-order valence-corrected chi connectivity index (χ1v) is 12.8. The Labute approximate surface area is 219 Å². The minimum atomic E-state index is -0.537. The molecule has 0 spiro atoms.